The molecule has 1 heterocycles. The number of benzene rings is 2. The van der Waals surface area contributed by atoms with E-state index in [2.05, 4.69) is 10.1 Å². The van der Waals surface area contributed by atoms with Crippen molar-refractivity contribution in [3.63, 3.8) is 0 Å². The molecule has 0 spiro atoms. The van der Waals surface area contributed by atoms with Gasteiger partial charge in [0, 0.05) is 13.1 Å². The van der Waals surface area contributed by atoms with Gasteiger partial charge in [-0.1, -0.05) is 42.0 Å². The number of carbonyl (C=O) groups is 1. The van der Waals surface area contributed by atoms with Crippen LogP contribution in [0.25, 0.3) is 11.8 Å². The van der Waals surface area contributed by atoms with Gasteiger partial charge in [0.05, 0.1) is 11.7 Å². The van der Waals surface area contributed by atoms with E-state index in [4.69, 9.17) is 0 Å². The van der Waals surface area contributed by atoms with Crippen LogP contribution < -0.4 is 0 Å². The van der Waals surface area contributed by atoms with Crippen LogP contribution in [0.15, 0.2) is 67.3 Å². The van der Waals surface area contributed by atoms with E-state index in [9.17, 15) is 4.79 Å². The number of hydrogen-bond donors (Lipinski definition) is 0. The van der Waals surface area contributed by atoms with Gasteiger partial charge in [0.2, 0.25) is 5.91 Å². The highest BCUT2D eigenvalue weighted by molar-refractivity contribution is 5.91. The summed E-state index contributed by atoms with van der Waals surface area (Å²) in [6, 6.07) is 16.0. The second-order valence-electron chi connectivity index (χ2n) is 6.30. The summed E-state index contributed by atoms with van der Waals surface area (Å²) in [6.07, 6.45) is 6.62. The summed E-state index contributed by atoms with van der Waals surface area (Å²) in [5, 5.41) is 4.11. The molecule has 1 amide bonds. The monoisotopic (exact) mass is 346 g/mol. The van der Waals surface area contributed by atoms with Crippen molar-refractivity contribution in [3.05, 3.63) is 84.0 Å². The van der Waals surface area contributed by atoms with E-state index < -0.39 is 0 Å². The minimum Gasteiger partial charge on any atom is -0.335 e. The smallest absolute Gasteiger partial charge is 0.246 e. The molecule has 1 aromatic heterocycles. The lowest BCUT2D eigenvalue weighted by Gasteiger charge is -2.24. The van der Waals surface area contributed by atoms with Crippen LogP contribution in [0.2, 0.25) is 0 Å². The van der Waals surface area contributed by atoms with Crippen LogP contribution in [0.4, 0.5) is 0 Å². The van der Waals surface area contributed by atoms with Crippen LogP contribution in [0, 0.1) is 6.92 Å². The summed E-state index contributed by atoms with van der Waals surface area (Å²) < 4.78 is 1.70. The molecule has 26 heavy (non-hydrogen) atoms. The lowest BCUT2D eigenvalue weighted by Crippen LogP contribution is -2.27. The largest absolute Gasteiger partial charge is 0.335 e. The molecular formula is C21H22N4O. The standard InChI is InChI=1S/C21H22N4O/c1-16-4-6-18(7-5-16)8-13-21(26)24(3)17(2)19-9-11-20(12-10-19)25-15-22-14-23-25/h4-15,17H,1-3H3/b13-8+/t17-/m0/s1. The van der Waals surface area contributed by atoms with E-state index in [1.54, 1.807) is 22.0 Å². The Morgan fingerprint density at radius 2 is 1.81 bits per heavy atom. The molecule has 0 saturated carbocycles. The van der Waals surface area contributed by atoms with Crippen LogP contribution >= 0.6 is 0 Å². The van der Waals surface area contributed by atoms with Crippen LogP contribution in [-0.4, -0.2) is 32.6 Å². The Morgan fingerprint density at radius 1 is 1.12 bits per heavy atom. The fourth-order valence-corrected chi connectivity index (χ4v) is 2.62. The van der Waals surface area contributed by atoms with Crippen LogP contribution in [0.5, 0.6) is 0 Å². The number of aromatic nitrogens is 3. The molecule has 0 unspecified atom stereocenters. The number of aryl methyl sites for hydroxylation is 1. The molecule has 0 saturated heterocycles. The number of nitrogens with zero attached hydrogens (tertiary/aromatic N) is 4. The van der Waals surface area contributed by atoms with E-state index in [0.29, 0.717) is 0 Å². The molecule has 2 aromatic carbocycles. The van der Waals surface area contributed by atoms with Crippen LogP contribution in [0.1, 0.15) is 29.7 Å². The topological polar surface area (TPSA) is 51.0 Å². The van der Waals surface area contributed by atoms with Crippen molar-refractivity contribution in [1.82, 2.24) is 19.7 Å². The Morgan fingerprint density at radius 3 is 2.42 bits per heavy atom. The van der Waals surface area contributed by atoms with Gasteiger partial charge in [-0.05, 0) is 43.2 Å². The molecule has 5 nitrogen and oxygen atoms in total. The summed E-state index contributed by atoms with van der Waals surface area (Å²) in [5.74, 6) is -0.0292. The first-order valence-corrected chi connectivity index (χ1v) is 8.51. The van der Waals surface area contributed by atoms with E-state index in [-0.39, 0.29) is 11.9 Å². The molecule has 0 aliphatic carbocycles. The number of rotatable bonds is 5. The van der Waals surface area contributed by atoms with Crippen molar-refractivity contribution >= 4 is 12.0 Å². The Balaban J connectivity index is 1.67. The summed E-state index contributed by atoms with van der Waals surface area (Å²) in [4.78, 5) is 18.1. The molecule has 0 radical (unpaired) electrons. The Labute approximate surface area is 153 Å². The van der Waals surface area contributed by atoms with Gasteiger partial charge in [-0.25, -0.2) is 9.67 Å². The third-order valence-electron chi connectivity index (χ3n) is 4.48. The first-order chi connectivity index (χ1) is 12.5. The first-order valence-electron chi connectivity index (χ1n) is 8.51. The third-order valence-corrected chi connectivity index (χ3v) is 4.48. The van der Waals surface area contributed by atoms with Gasteiger partial charge in [0.25, 0.3) is 0 Å². The van der Waals surface area contributed by atoms with Gasteiger partial charge in [-0.15, -0.1) is 0 Å². The second kappa shape index (κ2) is 7.78. The molecule has 3 rings (SSSR count). The Bertz CT molecular complexity index is 881. The van der Waals surface area contributed by atoms with Gasteiger partial charge < -0.3 is 4.90 Å². The predicted molar refractivity (Wildman–Crippen MR) is 103 cm³/mol. The molecule has 0 aliphatic rings. The molecule has 1 atom stereocenters. The summed E-state index contributed by atoms with van der Waals surface area (Å²) >= 11 is 0. The van der Waals surface area contributed by atoms with Crippen molar-refractivity contribution in [2.24, 2.45) is 0 Å². The number of carbonyl (C=O) groups excluding carboxylic acids is 1. The fraction of sp³-hybridized carbons (Fsp3) is 0.190. The predicted octanol–water partition coefficient (Wildman–Crippen LogP) is 3.81. The number of amides is 1. The van der Waals surface area contributed by atoms with Crippen LogP contribution in [0.3, 0.4) is 0 Å². The van der Waals surface area contributed by atoms with Crippen molar-refractivity contribution in [2.45, 2.75) is 19.9 Å². The Kier molecular flexibility index (Phi) is 5.27. The first kappa shape index (κ1) is 17.6. The number of hydrogen-bond acceptors (Lipinski definition) is 3. The average molecular weight is 346 g/mol. The van der Waals surface area contributed by atoms with Crippen molar-refractivity contribution in [3.8, 4) is 5.69 Å². The lowest BCUT2D eigenvalue weighted by atomic mass is 10.1. The summed E-state index contributed by atoms with van der Waals surface area (Å²) in [7, 11) is 1.82. The fourth-order valence-electron chi connectivity index (χ4n) is 2.62. The van der Waals surface area contributed by atoms with Gasteiger partial charge in [-0.3, -0.25) is 4.79 Å². The van der Waals surface area contributed by atoms with E-state index in [1.807, 2.05) is 75.5 Å². The van der Waals surface area contributed by atoms with Gasteiger partial charge in [0.1, 0.15) is 12.7 Å². The highest BCUT2D eigenvalue weighted by Gasteiger charge is 2.15. The van der Waals surface area contributed by atoms with Gasteiger partial charge >= 0.3 is 0 Å². The SMILES string of the molecule is Cc1ccc(/C=C/C(=O)N(C)[C@@H](C)c2ccc(-n3cncn3)cc2)cc1. The van der Waals surface area contributed by atoms with Crippen molar-refractivity contribution in [2.75, 3.05) is 7.05 Å². The highest BCUT2D eigenvalue weighted by Crippen LogP contribution is 2.20. The molecule has 0 aliphatic heterocycles. The van der Waals surface area contributed by atoms with Crippen molar-refractivity contribution < 1.29 is 4.79 Å². The zero-order valence-electron chi connectivity index (χ0n) is 15.2. The normalized spacial score (nSPS) is 12.3. The summed E-state index contributed by atoms with van der Waals surface area (Å²) in [5.41, 5.74) is 4.22. The zero-order chi connectivity index (χ0) is 18.5. The molecule has 0 fully saturated rings. The zero-order valence-corrected chi connectivity index (χ0v) is 15.2. The van der Waals surface area contributed by atoms with E-state index in [0.717, 1.165) is 16.8 Å². The van der Waals surface area contributed by atoms with E-state index >= 15 is 0 Å². The highest BCUT2D eigenvalue weighted by atomic mass is 16.2. The van der Waals surface area contributed by atoms with Gasteiger partial charge in [-0.2, -0.15) is 5.10 Å². The van der Waals surface area contributed by atoms with E-state index in [1.165, 1.54) is 11.9 Å². The second-order valence-corrected chi connectivity index (χ2v) is 6.30. The number of likely N-dealkylation sites (N-methyl/N-ethyl adjacent to an activating group) is 1. The molecule has 132 valence electrons. The maximum absolute atomic E-state index is 12.5. The maximum atomic E-state index is 12.5. The van der Waals surface area contributed by atoms with Crippen LogP contribution in [-0.2, 0) is 4.79 Å². The average Bonchev–Trinajstić information content (AvgIpc) is 3.21. The summed E-state index contributed by atoms with van der Waals surface area (Å²) in [6.45, 7) is 4.06. The molecule has 0 bridgehead atoms. The maximum Gasteiger partial charge on any atom is 0.246 e. The lowest BCUT2D eigenvalue weighted by molar-refractivity contribution is -0.126. The quantitative estimate of drug-likeness (QED) is 0.660. The molecule has 0 N–H and O–H groups in total. The third kappa shape index (κ3) is 4.06. The van der Waals surface area contributed by atoms with Crippen molar-refractivity contribution in [1.29, 1.82) is 0 Å². The molecule has 5 heteroatoms. The Hall–Kier alpha value is -3.21. The minimum absolute atomic E-state index is 0.0292. The minimum atomic E-state index is -0.0324. The van der Waals surface area contributed by atoms with Gasteiger partial charge in [0.15, 0.2) is 0 Å². The molecular weight excluding hydrogens is 324 g/mol. The molecule has 3 aromatic rings.